The summed E-state index contributed by atoms with van der Waals surface area (Å²) in [6.45, 7) is 0. The van der Waals surface area contributed by atoms with Crippen molar-refractivity contribution >= 4 is 23.4 Å². The van der Waals surface area contributed by atoms with Gasteiger partial charge in [0.15, 0.2) is 0 Å². The van der Waals surface area contributed by atoms with E-state index < -0.39 is 23.4 Å². The van der Waals surface area contributed by atoms with Crippen molar-refractivity contribution in [2.24, 2.45) is 0 Å². The summed E-state index contributed by atoms with van der Waals surface area (Å²) in [5, 5.41) is 0. The van der Waals surface area contributed by atoms with Crippen LogP contribution in [0.15, 0.2) is 146 Å². The van der Waals surface area contributed by atoms with Gasteiger partial charge < -0.3 is 4.70 Å². The van der Waals surface area contributed by atoms with Gasteiger partial charge >= 0.3 is 7.54 Å². The SMILES string of the molecule is C1=C\CC/C=C\CC/1.FB(F)F.[F-].[Rh].c1ccc([C@H]2CC[C@H](c3ccccc3)[PH+]2CC[PH+]2[C@@H](c3ccccc3)CC[C@@H]2c2ccccc2)cc1. The van der Waals surface area contributed by atoms with Crippen LogP contribution in [0.25, 0.3) is 0 Å². The van der Waals surface area contributed by atoms with Crippen LogP contribution >= 0.6 is 15.8 Å². The Morgan fingerprint density at radius 2 is 0.620 bits per heavy atom. The van der Waals surface area contributed by atoms with Gasteiger partial charge in [0.05, 0.1) is 35.0 Å². The van der Waals surface area contributed by atoms with Crippen LogP contribution in [0.5, 0.6) is 0 Å². The molecule has 8 heteroatoms. The fourth-order valence-corrected chi connectivity index (χ4v) is 17.3. The van der Waals surface area contributed by atoms with E-state index >= 15 is 0 Å². The average molecular weight is 807 g/mol. The summed E-state index contributed by atoms with van der Waals surface area (Å²) < 4.78 is 29.0. The molecule has 0 amide bonds. The van der Waals surface area contributed by atoms with Crippen LogP contribution in [0.2, 0.25) is 0 Å². The first kappa shape index (κ1) is 42.0. The topological polar surface area (TPSA) is 0 Å². The van der Waals surface area contributed by atoms with E-state index in [1.807, 2.05) is 0 Å². The fourth-order valence-electron chi connectivity index (χ4n) is 8.00. The van der Waals surface area contributed by atoms with Gasteiger partial charge in [0.25, 0.3) is 0 Å². The van der Waals surface area contributed by atoms with E-state index in [-0.39, 0.29) is 24.2 Å². The minimum absolute atomic E-state index is 0. The molecule has 3 aliphatic rings. The molecule has 1 aliphatic carbocycles. The number of halogens is 4. The summed E-state index contributed by atoms with van der Waals surface area (Å²) in [7, 11) is -4.80. The maximum Gasteiger partial charge on any atom is 0.762 e. The average Bonchev–Trinajstić information content (AvgIpc) is 3.73. The second-order valence-electron chi connectivity index (χ2n) is 13.0. The first-order valence-electron chi connectivity index (χ1n) is 17.7. The first-order valence-corrected chi connectivity index (χ1v) is 21.5. The Hall–Kier alpha value is -2.37. The van der Waals surface area contributed by atoms with Gasteiger partial charge in [-0.25, -0.2) is 0 Å². The van der Waals surface area contributed by atoms with Crippen LogP contribution in [-0.4, -0.2) is 19.9 Å². The zero-order chi connectivity index (χ0) is 33.4. The fraction of sp³-hybridized carbons (Fsp3) is 0.333. The van der Waals surface area contributed by atoms with Crippen molar-refractivity contribution in [3.63, 3.8) is 0 Å². The van der Waals surface area contributed by atoms with Crippen molar-refractivity contribution < 1.29 is 37.1 Å². The maximum absolute atomic E-state index is 9.67. The largest absolute Gasteiger partial charge is 1.00 e. The standard InChI is InChI=1S/C34H36P2.C8H12.BF3.FH.Rh/c1-5-13-27(14-6-1)31-21-22-32(28-15-7-2-8-16-28)35(31)25-26-36-33(29-17-9-3-10-18-29)23-24-34(36)30-19-11-4-12-20-30;1-2-4-6-8-7-5-3-1;2-1(3)4;;/h1-20,31-34H,21-26H2;1-2,7-8H,3-6H2;;1H;/p+1/b;2-1-,8-7-;;;/t31-,32-,33-,34-;;;;/m1..../s1. The molecule has 50 heavy (non-hydrogen) atoms. The minimum Gasteiger partial charge on any atom is -1.00 e. The summed E-state index contributed by atoms with van der Waals surface area (Å²) in [4.78, 5) is 0. The van der Waals surface area contributed by atoms with Gasteiger partial charge in [-0.15, -0.1) is 0 Å². The van der Waals surface area contributed by atoms with Gasteiger partial charge in [0, 0.05) is 35.3 Å². The van der Waals surface area contributed by atoms with E-state index in [2.05, 4.69) is 146 Å². The minimum atomic E-state index is -3.67. The Balaban J connectivity index is 0.000000414. The number of allylic oxidation sites excluding steroid dienone is 4. The molecule has 2 fully saturated rings. The number of benzene rings is 4. The molecule has 0 nitrogen and oxygen atoms in total. The van der Waals surface area contributed by atoms with Gasteiger partial charge in [-0.1, -0.05) is 146 Å². The van der Waals surface area contributed by atoms with E-state index in [4.69, 9.17) is 0 Å². The molecule has 2 aliphatic heterocycles. The van der Waals surface area contributed by atoms with E-state index in [0.29, 0.717) is 0 Å². The van der Waals surface area contributed by atoms with Gasteiger partial charge in [-0.3, -0.25) is 12.9 Å². The third-order valence-electron chi connectivity index (χ3n) is 10.1. The van der Waals surface area contributed by atoms with Crippen molar-refractivity contribution in [3.05, 3.63) is 168 Å². The number of rotatable bonds is 7. The molecule has 0 saturated carbocycles. The molecule has 267 valence electrons. The Morgan fingerprint density at radius 3 is 0.820 bits per heavy atom. The normalized spacial score (nSPS) is 22.9. The molecule has 0 bridgehead atoms. The summed E-state index contributed by atoms with van der Waals surface area (Å²) in [5.74, 6) is 0. The number of hydrogen-bond acceptors (Lipinski definition) is 0. The van der Waals surface area contributed by atoms with Crippen molar-refractivity contribution in [1.82, 2.24) is 0 Å². The summed E-state index contributed by atoms with van der Waals surface area (Å²) in [6.07, 6.45) is 22.4. The van der Waals surface area contributed by atoms with E-state index in [9.17, 15) is 12.9 Å². The van der Waals surface area contributed by atoms with Crippen LogP contribution in [0.4, 0.5) is 12.9 Å². The second kappa shape index (κ2) is 23.2. The Kier molecular flexibility index (Phi) is 19.5. The van der Waals surface area contributed by atoms with Crippen molar-refractivity contribution in [2.45, 2.75) is 74.0 Å². The molecule has 0 N–H and O–H groups in total. The summed E-state index contributed by atoms with van der Waals surface area (Å²) in [6, 6.07) is 46.0. The molecule has 7 rings (SSSR count). The van der Waals surface area contributed by atoms with E-state index in [1.54, 1.807) is 22.3 Å². The van der Waals surface area contributed by atoms with Crippen molar-refractivity contribution in [1.29, 1.82) is 0 Å². The van der Waals surface area contributed by atoms with Crippen LogP contribution in [0, 0.1) is 0 Å². The molecule has 4 aromatic rings. The van der Waals surface area contributed by atoms with Gasteiger partial charge in [-0.05, 0) is 73.6 Å². The quantitative estimate of drug-likeness (QED) is 0.0756. The van der Waals surface area contributed by atoms with Gasteiger partial charge in [0.1, 0.15) is 0 Å². The van der Waals surface area contributed by atoms with Crippen LogP contribution < -0.4 is 4.70 Å². The van der Waals surface area contributed by atoms with Gasteiger partial charge in [-0.2, -0.15) is 0 Å². The third-order valence-corrected chi connectivity index (χ3v) is 18.3. The monoisotopic (exact) mass is 806 g/mol. The molecule has 1 radical (unpaired) electrons. The van der Waals surface area contributed by atoms with Crippen LogP contribution in [0.1, 0.15) is 96.3 Å². The molecule has 0 spiro atoms. The second-order valence-corrected chi connectivity index (χ2v) is 19.1. The predicted octanol–water partition coefficient (Wildman–Crippen LogP) is 10.5. The van der Waals surface area contributed by atoms with Crippen molar-refractivity contribution in [3.8, 4) is 0 Å². The zero-order valence-corrected chi connectivity index (χ0v) is 32.3. The molecular weight excluding hydrogens is 756 g/mol. The molecule has 0 aromatic heterocycles. The molecule has 4 atom stereocenters. The Bertz CT molecular complexity index is 1290. The van der Waals surface area contributed by atoms with E-state index in [0.717, 1.165) is 22.6 Å². The summed E-state index contributed by atoms with van der Waals surface area (Å²) in [5.41, 5.74) is 9.57. The smallest absolute Gasteiger partial charge is 0.762 e. The molecule has 2 heterocycles. The Morgan fingerprint density at radius 1 is 0.420 bits per heavy atom. The van der Waals surface area contributed by atoms with Crippen LogP contribution in [-0.2, 0) is 19.5 Å². The van der Waals surface area contributed by atoms with Crippen molar-refractivity contribution in [2.75, 3.05) is 12.3 Å². The summed E-state index contributed by atoms with van der Waals surface area (Å²) >= 11 is 0. The zero-order valence-electron chi connectivity index (χ0n) is 28.7. The maximum atomic E-state index is 9.67. The molecule has 4 aromatic carbocycles. The van der Waals surface area contributed by atoms with Gasteiger partial charge in [0.2, 0.25) is 0 Å². The molecule has 2 saturated heterocycles. The Labute approximate surface area is 313 Å². The van der Waals surface area contributed by atoms with E-state index in [1.165, 1.54) is 63.7 Å². The predicted molar refractivity (Wildman–Crippen MR) is 207 cm³/mol. The molecular formula is C42H50BF4P2Rh+. The molecule has 0 unspecified atom stereocenters. The third kappa shape index (κ3) is 12.7. The first-order chi connectivity index (χ1) is 23.6. The number of hydrogen-bond donors (Lipinski definition) is 0. The van der Waals surface area contributed by atoms with Crippen LogP contribution in [0.3, 0.4) is 0 Å².